The van der Waals surface area contributed by atoms with Crippen LogP contribution in [0.4, 0.5) is 4.79 Å². The van der Waals surface area contributed by atoms with E-state index in [0.717, 1.165) is 16.5 Å². The predicted molar refractivity (Wildman–Crippen MR) is 107 cm³/mol. The van der Waals surface area contributed by atoms with Crippen LogP contribution >= 0.6 is 0 Å². The number of hydrogen-bond acceptors (Lipinski definition) is 4. The molecule has 0 atom stereocenters. The molecule has 0 radical (unpaired) electrons. The van der Waals surface area contributed by atoms with Crippen LogP contribution in [0.3, 0.4) is 0 Å². The average Bonchev–Trinajstić information content (AvgIpc) is 3.14. The van der Waals surface area contributed by atoms with Gasteiger partial charge >= 0.3 is 6.09 Å². The summed E-state index contributed by atoms with van der Waals surface area (Å²) in [6, 6.07) is 7.52. The minimum Gasteiger partial charge on any atom is -0.443 e. The van der Waals surface area contributed by atoms with Crippen LogP contribution in [-0.4, -0.2) is 27.8 Å². The van der Waals surface area contributed by atoms with E-state index in [1.165, 1.54) is 16.7 Å². The lowest BCUT2D eigenvalue weighted by molar-refractivity contribution is -0.115. The van der Waals surface area contributed by atoms with Crippen molar-refractivity contribution in [3.05, 3.63) is 66.4 Å². The molecule has 5 nitrogen and oxygen atoms in total. The second-order valence-electron chi connectivity index (χ2n) is 8.22. The van der Waals surface area contributed by atoms with Gasteiger partial charge in [0.25, 0.3) is 0 Å². The monoisotopic (exact) mass is 375 g/mol. The van der Waals surface area contributed by atoms with Gasteiger partial charge in [-0.2, -0.15) is 0 Å². The smallest absolute Gasteiger partial charge is 0.419 e. The van der Waals surface area contributed by atoms with E-state index in [4.69, 9.17) is 4.74 Å². The fraction of sp³-hybridized carbons (Fsp3) is 0.261. The van der Waals surface area contributed by atoms with Crippen molar-refractivity contribution in [2.75, 3.05) is 0 Å². The van der Waals surface area contributed by atoms with Gasteiger partial charge in [-0.3, -0.25) is 14.2 Å². The highest BCUT2D eigenvalue weighted by Crippen LogP contribution is 2.49. The number of carbonyl (C=O) groups is 3. The number of benzene rings is 1. The van der Waals surface area contributed by atoms with Gasteiger partial charge in [0.05, 0.1) is 5.52 Å². The average molecular weight is 375 g/mol. The molecule has 28 heavy (non-hydrogen) atoms. The molecule has 0 saturated heterocycles. The standard InChI is InChI=1S/C23H21NO4/c1-22(2,3)28-21(27)24-14-18(17-6-4-5-7-20(17)24)19-12-16(26)13-23(19)10-8-15(25)9-11-23/h4-12,14H,13H2,1-3H3. The van der Waals surface area contributed by atoms with E-state index in [9.17, 15) is 14.4 Å². The molecule has 142 valence electrons. The number of nitrogens with zero attached hydrogens (tertiary/aromatic N) is 1. The van der Waals surface area contributed by atoms with Gasteiger partial charge in [0.1, 0.15) is 5.60 Å². The summed E-state index contributed by atoms with van der Waals surface area (Å²) in [5.74, 6) is -0.103. The van der Waals surface area contributed by atoms with Crippen molar-refractivity contribution >= 4 is 34.1 Å². The number of rotatable bonds is 1. The first-order chi connectivity index (χ1) is 13.2. The number of ether oxygens (including phenoxy) is 1. The Hall–Kier alpha value is -3.21. The number of hydrogen-bond donors (Lipinski definition) is 0. The van der Waals surface area contributed by atoms with Crippen LogP contribution in [0.5, 0.6) is 0 Å². The summed E-state index contributed by atoms with van der Waals surface area (Å²) < 4.78 is 7.03. The molecule has 0 aliphatic heterocycles. The van der Waals surface area contributed by atoms with Gasteiger partial charge in [0.2, 0.25) is 0 Å². The van der Waals surface area contributed by atoms with E-state index >= 15 is 0 Å². The zero-order chi connectivity index (χ0) is 20.1. The van der Waals surface area contributed by atoms with Crippen LogP contribution in [0, 0.1) is 5.41 Å². The Bertz CT molecular complexity index is 1090. The van der Waals surface area contributed by atoms with E-state index in [1.807, 2.05) is 45.0 Å². The maximum absolute atomic E-state index is 12.8. The quantitative estimate of drug-likeness (QED) is 0.738. The van der Waals surface area contributed by atoms with Crippen LogP contribution < -0.4 is 0 Å². The summed E-state index contributed by atoms with van der Waals surface area (Å²) in [6.45, 7) is 5.46. The molecule has 1 heterocycles. The summed E-state index contributed by atoms with van der Waals surface area (Å²) in [4.78, 5) is 36.7. The zero-order valence-electron chi connectivity index (χ0n) is 16.1. The molecule has 0 N–H and O–H groups in total. The molecule has 5 heteroatoms. The van der Waals surface area contributed by atoms with Crippen molar-refractivity contribution in [3.8, 4) is 0 Å². The maximum Gasteiger partial charge on any atom is 0.419 e. The van der Waals surface area contributed by atoms with Crippen molar-refractivity contribution in [2.45, 2.75) is 32.8 Å². The lowest BCUT2D eigenvalue weighted by Gasteiger charge is -2.26. The molecule has 0 fully saturated rings. The molecule has 2 aromatic rings. The van der Waals surface area contributed by atoms with Gasteiger partial charge in [-0.15, -0.1) is 0 Å². The lowest BCUT2D eigenvalue weighted by Crippen LogP contribution is -2.26. The Balaban J connectivity index is 1.88. The summed E-state index contributed by atoms with van der Waals surface area (Å²) >= 11 is 0. The van der Waals surface area contributed by atoms with Crippen LogP contribution in [0.15, 0.2) is 60.8 Å². The Kier molecular flexibility index (Phi) is 4.00. The highest BCUT2D eigenvalue weighted by atomic mass is 16.6. The van der Waals surface area contributed by atoms with E-state index < -0.39 is 17.1 Å². The highest BCUT2D eigenvalue weighted by molar-refractivity contribution is 6.11. The lowest BCUT2D eigenvalue weighted by atomic mass is 9.75. The van der Waals surface area contributed by atoms with Crippen LogP contribution in [0.25, 0.3) is 16.5 Å². The molecule has 0 saturated carbocycles. The third-order valence-electron chi connectivity index (χ3n) is 4.96. The van der Waals surface area contributed by atoms with Crippen molar-refractivity contribution in [1.82, 2.24) is 4.57 Å². The number of fused-ring (bicyclic) bond motifs is 1. The van der Waals surface area contributed by atoms with Crippen LogP contribution in [0.2, 0.25) is 0 Å². The van der Waals surface area contributed by atoms with E-state index in [1.54, 1.807) is 24.4 Å². The molecule has 4 rings (SSSR count). The number of ketones is 2. The van der Waals surface area contributed by atoms with Gasteiger partial charge in [0.15, 0.2) is 11.6 Å². The topological polar surface area (TPSA) is 65.4 Å². The number of carbonyl (C=O) groups excluding carboxylic acids is 3. The second kappa shape index (κ2) is 6.16. The fourth-order valence-corrected chi connectivity index (χ4v) is 3.79. The SMILES string of the molecule is CC(C)(C)OC(=O)n1cc(C2=CC(=O)CC23C=CC(=O)C=C3)c2ccccc21. The molecule has 0 unspecified atom stereocenters. The van der Waals surface area contributed by atoms with Gasteiger partial charge in [-0.25, -0.2) is 4.79 Å². The van der Waals surface area contributed by atoms with Crippen LogP contribution in [-0.2, 0) is 14.3 Å². The molecule has 1 spiro atoms. The van der Waals surface area contributed by atoms with Crippen LogP contribution in [0.1, 0.15) is 32.8 Å². The van der Waals surface area contributed by atoms with E-state index in [-0.39, 0.29) is 18.0 Å². The summed E-state index contributed by atoms with van der Waals surface area (Å²) in [6.07, 6.45) is 9.71. The predicted octanol–water partition coefficient (Wildman–Crippen LogP) is 4.46. The first-order valence-corrected chi connectivity index (χ1v) is 9.20. The minimum atomic E-state index is -0.659. The second-order valence-corrected chi connectivity index (χ2v) is 8.22. The Morgan fingerprint density at radius 3 is 2.46 bits per heavy atom. The number of para-hydroxylation sites is 1. The molecule has 2 aliphatic rings. The Labute approximate surface area is 163 Å². The van der Waals surface area contributed by atoms with Gasteiger partial charge < -0.3 is 4.74 Å². The molecule has 0 amide bonds. The number of allylic oxidation sites excluding steroid dienone is 6. The molecule has 1 aromatic carbocycles. The number of aromatic nitrogens is 1. The molecule has 0 bridgehead atoms. The zero-order valence-corrected chi connectivity index (χ0v) is 16.1. The van der Waals surface area contributed by atoms with Gasteiger partial charge in [-0.05, 0) is 50.6 Å². The van der Waals surface area contributed by atoms with Gasteiger partial charge in [-0.1, -0.05) is 30.4 Å². The van der Waals surface area contributed by atoms with Gasteiger partial charge in [0, 0.05) is 29.0 Å². The Morgan fingerprint density at radius 2 is 1.79 bits per heavy atom. The maximum atomic E-state index is 12.8. The minimum absolute atomic E-state index is 0.00671. The third-order valence-corrected chi connectivity index (χ3v) is 4.96. The summed E-state index contributed by atoms with van der Waals surface area (Å²) in [5, 5.41) is 0.854. The molecule has 2 aliphatic carbocycles. The largest absolute Gasteiger partial charge is 0.443 e. The molecule has 1 aromatic heterocycles. The van der Waals surface area contributed by atoms with E-state index in [0.29, 0.717) is 5.52 Å². The molecular weight excluding hydrogens is 354 g/mol. The van der Waals surface area contributed by atoms with E-state index in [2.05, 4.69) is 0 Å². The first kappa shape index (κ1) is 18.2. The summed E-state index contributed by atoms with van der Waals surface area (Å²) in [7, 11) is 0. The highest BCUT2D eigenvalue weighted by Gasteiger charge is 2.40. The van der Waals surface area contributed by atoms with Crippen molar-refractivity contribution < 1.29 is 19.1 Å². The fourth-order valence-electron chi connectivity index (χ4n) is 3.79. The van der Waals surface area contributed by atoms with Crippen molar-refractivity contribution in [2.24, 2.45) is 5.41 Å². The third kappa shape index (κ3) is 3.03. The van der Waals surface area contributed by atoms with Crippen molar-refractivity contribution in [3.63, 3.8) is 0 Å². The first-order valence-electron chi connectivity index (χ1n) is 9.20. The normalized spacial score (nSPS) is 18.2. The Morgan fingerprint density at radius 1 is 1.11 bits per heavy atom. The summed E-state index contributed by atoms with van der Waals surface area (Å²) in [5.41, 5.74) is 1.00. The molecular formula is C23H21NO4. The van der Waals surface area contributed by atoms with Crippen molar-refractivity contribution in [1.29, 1.82) is 0 Å².